The Bertz CT molecular complexity index is 604. The fraction of sp³-hybridized carbons (Fsp3) is 0.500. The molecule has 1 aromatic carbocycles. The summed E-state index contributed by atoms with van der Waals surface area (Å²) < 4.78 is 5.33. The first-order chi connectivity index (χ1) is 11.1. The second kappa shape index (κ2) is 6.86. The maximum atomic E-state index is 12.7. The number of amides is 2. The van der Waals surface area contributed by atoms with Crippen LogP contribution in [0.15, 0.2) is 24.3 Å². The van der Waals surface area contributed by atoms with Crippen LogP contribution in [-0.2, 0) is 14.3 Å². The van der Waals surface area contributed by atoms with Crippen molar-refractivity contribution in [2.24, 2.45) is 0 Å². The van der Waals surface area contributed by atoms with Gasteiger partial charge in [-0.3, -0.25) is 9.59 Å². The maximum Gasteiger partial charge on any atom is 0.249 e. The number of ether oxygens (including phenoxy) is 1. The molecule has 7 heteroatoms. The largest absolute Gasteiger partial charge is 0.378 e. The molecule has 2 saturated heterocycles. The predicted molar refractivity (Wildman–Crippen MR) is 87.6 cm³/mol. The molecule has 0 unspecified atom stereocenters. The second-order valence-corrected chi connectivity index (χ2v) is 6.18. The standard InChI is InChI=1S/C16H20ClN3O3/c1-19(15(21)12-10-23-9-7-18-12)14-6-8-20(16(14)22)13-5-3-2-4-11(13)17/h2-5,12,14,18H,6-10H2,1H3/t12-,14+/m1/s1. The van der Waals surface area contributed by atoms with E-state index in [1.807, 2.05) is 18.2 Å². The lowest BCUT2D eigenvalue weighted by atomic mass is 10.1. The summed E-state index contributed by atoms with van der Waals surface area (Å²) in [5.41, 5.74) is 0.696. The van der Waals surface area contributed by atoms with Gasteiger partial charge in [0, 0.05) is 20.1 Å². The van der Waals surface area contributed by atoms with Crippen molar-refractivity contribution < 1.29 is 14.3 Å². The van der Waals surface area contributed by atoms with Gasteiger partial charge < -0.3 is 19.9 Å². The van der Waals surface area contributed by atoms with Gasteiger partial charge in [0.25, 0.3) is 0 Å². The van der Waals surface area contributed by atoms with Crippen molar-refractivity contribution in [3.63, 3.8) is 0 Å². The molecule has 2 aliphatic heterocycles. The van der Waals surface area contributed by atoms with Gasteiger partial charge in [0.1, 0.15) is 12.1 Å². The molecular formula is C16H20ClN3O3. The van der Waals surface area contributed by atoms with Crippen molar-refractivity contribution in [1.29, 1.82) is 0 Å². The Hall–Kier alpha value is -1.63. The molecule has 6 nitrogen and oxygen atoms in total. The zero-order chi connectivity index (χ0) is 16.4. The fourth-order valence-electron chi connectivity index (χ4n) is 3.06. The number of rotatable bonds is 3. The van der Waals surface area contributed by atoms with Crippen LogP contribution in [0, 0.1) is 0 Å². The third-order valence-corrected chi connectivity index (χ3v) is 4.67. The van der Waals surface area contributed by atoms with Crippen molar-refractivity contribution in [3.05, 3.63) is 29.3 Å². The van der Waals surface area contributed by atoms with Crippen molar-refractivity contribution in [2.45, 2.75) is 18.5 Å². The first-order valence-electron chi connectivity index (χ1n) is 7.73. The number of para-hydroxylation sites is 1. The molecule has 3 rings (SSSR count). The number of nitrogens with one attached hydrogen (secondary N) is 1. The highest BCUT2D eigenvalue weighted by atomic mass is 35.5. The quantitative estimate of drug-likeness (QED) is 0.890. The first-order valence-corrected chi connectivity index (χ1v) is 8.11. The Morgan fingerprint density at radius 2 is 2.22 bits per heavy atom. The Labute approximate surface area is 140 Å². The van der Waals surface area contributed by atoms with Gasteiger partial charge in [-0.1, -0.05) is 23.7 Å². The summed E-state index contributed by atoms with van der Waals surface area (Å²) in [7, 11) is 1.68. The number of halogens is 1. The van der Waals surface area contributed by atoms with Crippen LogP contribution in [0.1, 0.15) is 6.42 Å². The number of likely N-dealkylation sites (N-methyl/N-ethyl adjacent to an activating group) is 1. The number of carbonyl (C=O) groups excluding carboxylic acids is 2. The van der Waals surface area contributed by atoms with E-state index in [2.05, 4.69) is 5.32 Å². The highest BCUT2D eigenvalue weighted by molar-refractivity contribution is 6.34. The molecule has 2 fully saturated rings. The number of hydrogen-bond donors (Lipinski definition) is 1. The monoisotopic (exact) mass is 337 g/mol. The first kappa shape index (κ1) is 16.2. The molecule has 0 radical (unpaired) electrons. The summed E-state index contributed by atoms with van der Waals surface area (Å²) in [6, 6.07) is 6.42. The highest BCUT2D eigenvalue weighted by Crippen LogP contribution is 2.30. The van der Waals surface area contributed by atoms with E-state index in [0.29, 0.717) is 43.4 Å². The third kappa shape index (κ3) is 3.20. The summed E-state index contributed by atoms with van der Waals surface area (Å²) in [5.74, 6) is -0.199. The van der Waals surface area contributed by atoms with Gasteiger partial charge in [0.05, 0.1) is 23.9 Å². The summed E-state index contributed by atoms with van der Waals surface area (Å²) in [6.45, 7) is 2.16. The lowest BCUT2D eigenvalue weighted by Crippen LogP contribution is -2.55. The molecule has 2 aliphatic rings. The molecule has 23 heavy (non-hydrogen) atoms. The Balaban J connectivity index is 1.71. The maximum absolute atomic E-state index is 12.7. The smallest absolute Gasteiger partial charge is 0.249 e. The molecule has 2 amide bonds. The van der Waals surface area contributed by atoms with E-state index >= 15 is 0 Å². The summed E-state index contributed by atoms with van der Waals surface area (Å²) in [4.78, 5) is 28.4. The number of nitrogens with zero attached hydrogens (tertiary/aromatic N) is 2. The molecule has 124 valence electrons. The van der Waals surface area contributed by atoms with Crippen molar-refractivity contribution in [1.82, 2.24) is 10.2 Å². The minimum absolute atomic E-state index is 0.0920. The summed E-state index contributed by atoms with van der Waals surface area (Å²) >= 11 is 6.18. The topological polar surface area (TPSA) is 61.9 Å². The number of anilines is 1. The van der Waals surface area contributed by atoms with E-state index in [1.54, 1.807) is 18.0 Å². The Kier molecular flexibility index (Phi) is 4.84. The molecular weight excluding hydrogens is 318 g/mol. The van der Waals surface area contributed by atoms with Gasteiger partial charge in [0.15, 0.2) is 0 Å². The van der Waals surface area contributed by atoms with Crippen LogP contribution >= 0.6 is 11.6 Å². The predicted octanol–water partition coefficient (Wildman–Crippen LogP) is 0.892. The van der Waals surface area contributed by atoms with Crippen LogP contribution in [-0.4, -0.2) is 62.1 Å². The van der Waals surface area contributed by atoms with Crippen LogP contribution < -0.4 is 10.2 Å². The molecule has 0 aromatic heterocycles. The normalized spacial score (nSPS) is 24.8. The van der Waals surface area contributed by atoms with Gasteiger partial charge in [-0.2, -0.15) is 0 Å². The van der Waals surface area contributed by atoms with Crippen LogP contribution in [0.4, 0.5) is 5.69 Å². The summed E-state index contributed by atoms with van der Waals surface area (Å²) in [6.07, 6.45) is 0.597. The van der Waals surface area contributed by atoms with Crippen LogP contribution in [0.2, 0.25) is 5.02 Å². The van der Waals surface area contributed by atoms with E-state index in [1.165, 1.54) is 4.90 Å². The number of hydrogen-bond acceptors (Lipinski definition) is 4. The van der Waals surface area contributed by atoms with Gasteiger partial charge in [0.2, 0.25) is 11.8 Å². The second-order valence-electron chi connectivity index (χ2n) is 5.78. The Morgan fingerprint density at radius 3 is 2.91 bits per heavy atom. The summed E-state index contributed by atoms with van der Waals surface area (Å²) in [5, 5.41) is 3.67. The van der Waals surface area contributed by atoms with E-state index in [-0.39, 0.29) is 17.9 Å². The number of morpholine rings is 1. The minimum atomic E-state index is -0.456. The zero-order valence-electron chi connectivity index (χ0n) is 13.0. The molecule has 0 spiro atoms. The van der Waals surface area contributed by atoms with Crippen LogP contribution in [0.25, 0.3) is 0 Å². The molecule has 2 heterocycles. The highest BCUT2D eigenvalue weighted by Gasteiger charge is 2.39. The van der Waals surface area contributed by atoms with Crippen LogP contribution in [0.5, 0.6) is 0 Å². The third-order valence-electron chi connectivity index (χ3n) is 4.36. The van der Waals surface area contributed by atoms with E-state index in [4.69, 9.17) is 16.3 Å². The molecule has 0 saturated carbocycles. The van der Waals surface area contributed by atoms with Gasteiger partial charge >= 0.3 is 0 Å². The van der Waals surface area contributed by atoms with Gasteiger partial charge in [-0.05, 0) is 18.6 Å². The fourth-order valence-corrected chi connectivity index (χ4v) is 3.30. The average Bonchev–Trinajstić information content (AvgIpc) is 2.96. The van der Waals surface area contributed by atoms with Crippen molar-refractivity contribution in [2.75, 3.05) is 38.3 Å². The lowest BCUT2D eigenvalue weighted by molar-refractivity contribution is -0.140. The molecule has 2 atom stereocenters. The minimum Gasteiger partial charge on any atom is -0.378 e. The van der Waals surface area contributed by atoms with Crippen LogP contribution in [0.3, 0.4) is 0 Å². The molecule has 0 bridgehead atoms. The van der Waals surface area contributed by atoms with Gasteiger partial charge in [-0.15, -0.1) is 0 Å². The molecule has 0 aliphatic carbocycles. The molecule has 1 N–H and O–H groups in total. The number of carbonyl (C=O) groups is 2. The number of benzene rings is 1. The van der Waals surface area contributed by atoms with Crippen molar-refractivity contribution in [3.8, 4) is 0 Å². The van der Waals surface area contributed by atoms with Gasteiger partial charge in [-0.25, -0.2) is 0 Å². The SMILES string of the molecule is CN(C(=O)[C@H]1COCCN1)[C@H]1CCN(c2ccccc2Cl)C1=O. The van der Waals surface area contributed by atoms with Crippen molar-refractivity contribution >= 4 is 29.1 Å². The van der Waals surface area contributed by atoms with E-state index in [9.17, 15) is 9.59 Å². The van der Waals surface area contributed by atoms with E-state index < -0.39 is 6.04 Å². The average molecular weight is 338 g/mol. The lowest BCUT2D eigenvalue weighted by Gasteiger charge is -2.30. The Morgan fingerprint density at radius 1 is 1.43 bits per heavy atom. The zero-order valence-corrected chi connectivity index (χ0v) is 13.8. The molecule has 1 aromatic rings. The van der Waals surface area contributed by atoms with E-state index in [0.717, 1.165) is 0 Å².